The molecule has 0 bridgehead atoms. The zero-order chi connectivity index (χ0) is 42.9. The van der Waals surface area contributed by atoms with Crippen molar-refractivity contribution < 1.29 is 63.1 Å². The van der Waals surface area contributed by atoms with Crippen LogP contribution in [0.25, 0.3) is 0 Å². The van der Waals surface area contributed by atoms with E-state index in [1.54, 1.807) is 0 Å². The van der Waals surface area contributed by atoms with Gasteiger partial charge in [0.15, 0.2) is 6.10 Å². The Balaban J connectivity index is 2.50. The van der Waals surface area contributed by atoms with E-state index in [0.717, 1.165) is 83.5 Å². The first-order valence-corrected chi connectivity index (χ1v) is 23.4. The minimum Gasteiger partial charge on any atom is -0.462 e. The van der Waals surface area contributed by atoms with Crippen LogP contribution in [-0.2, 0) is 32.7 Å². The summed E-state index contributed by atoms with van der Waals surface area (Å²) in [7, 11) is -5.12. The van der Waals surface area contributed by atoms with Crippen molar-refractivity contribution in [1.82, 2.24) is 0 Å². The lowest BCUT2D eigenvalue weighted by Crippen LogP contribution is -2.64. The lowest BCUT2D eigenvalue weighted by molar-refractivity contribution is -0.220. The summed E-state index contributed by atoms with van der Waals surface area (Å²) in [5, 5.41) is 50.0. The summed E-state index contributed by atoms with van der Waals surface area (Å²) in [6.45, 7) is 3.20. The highest BCUT2D eigenvalue weighted by Gasteiger charge is 2.51. The molecule has 13 nitrogen and oxygen atoms in total. The molecule has 1 rings (SSSR count). The van der Waals surface area contributed by atoms with Crippen molar-refractivity contribution in [3.05, 3.63) is 48.6 Å². The summed E-state index contributed by atoms with van der Waals surface area (Å²) in [5.74, 6) is -1.14. The van der Waals surface area contributed by atoms with Gasteiger partial charge in [-0.25, -0.2) is 4.57 Å². The largest absolute Gasteiger partial charge is 0.472 e. The van der Waals surface area contributed by atoms with E-state index < -0.39 is 75.7 Å². The Morgan fingerprint density at radius 3 is 1.43 bits per heavy atom. The topological polar surface area (TPSA) is 210 Å². The average molecular weight is 845 g/mol. The van der Waals surface area contributed by atoms with E-state index in [4.69, 9.17) is 18.5 Å². The van der Waals surface area contributed by atoms with Gasteiger partial charge in [-0.15, -0.1) is 0 Å². The Labute approximate surface area is 348 Å². The highest BCUT2D eigenvalue weighted by atomic mass is 31.2. The molecule has 1 aliphatic rings. The average Bonchev–Trinajstić information content (AvgIpc) is 3.20. The van der Waals surface area contributed by atoms with Crippen molar-refractivity contribution in [2.75, 3.05) is 13.2 Å². The van der Waals surface area contributed by atoms with E-state index in [1.165, 1.54) is 38.5 Å². The fraction of sp³-hybridized carbons (Fsp3) is 0.773. The van der Waals surface area contributed by atoms with Crippen molar-refractivity contribution >= 4 is 19.8 Å². The first-order chi connectivity index (χ1) is 27.9. The molecular weight excluding hydrogens is 767 g/mol. The second kappa shape index (κ2) is 34.5. The molecule has 336 valence electrons. The molecule has 1 fully saturated rings. The number of phosphoric ester groups is 1. The van der Waals surface area contributed by atoms with Crippen LogP contribution in [0.5, 0.6) is 0 Å². The van der Waals surface area contributed by atoms with Gasteiger partial charge in [-0.1, -0.05) is 120 Å². The van der Waals surface area contributed by atoms with Crippen LogP contribution in [-0.4, -0.2) is 98.3 Å². The standard InChI is InChI=1S/C44H77O13P/c1-3-5-7-9-11-13-15-17-18-19-20-21-23-24-26-28-30-32-37(45)54-34-36(56-38(46)33-31-29-27-25-22-16-14-12-10-8-6-4-2)35-55-58(52,53)57-44-42(50)40(48)39(47)41(49)43(44)51/h11-14,17-18,20-21,36,39-44,47-51H,3-10,15-16,19,22-35H2,1-2H3,(H,52,53)/b13-11-,14-12-,18-17-,21-20-/t36-,39?,40-,41?,42?,43?,44?/m1/s1. The lowest BCUT2D eigenvalue weighted by Gasteiger charge is -2.41. The second-order valence-corrected chi connectivity index (χ2v) is 16.6. The molecule has 0 radical (unpaired) electrons. The molecule has 0 aromatic rings. The van der Waals surface area contributed by atoms with Crippen molar-refractivity contribution in [1.29, 1.82) is 0 Å². The van der Waals surface area contributed by atoms with Gasteiger partial charge in [0.1, 0.15) is 43.2 Å². The third-order valence-corrected chi connectivity index (χ3v) is 10.9. The molecule has 58 heavy (non-hydrogen) atoms. The van der Waals surface area contributed by atoms with E-state index in [9.17, 15) is 44.6 Å². The van der Waals surface area contributed by atoms with E-state index in [0.29, 0.717) is 12.8 Å². The molecule has 0 spiro atoms. The molecule has 0 aliphatic heterocycles. The van der Waals surface area contributed by atoms with Crippen molar-refractivity contribution in [3.63, 3.8) is 0 Å². The number of esters is 2. The quantitative estimate of drug-likeness (QED) is 0.0155. The number of aliphatic hydroxyl groups excluding tert-OH is 5. The van der Waals surface area contributed by atoms with Gasteiger partial charge in [0.05, 0.1) is 6.61 Å². The number of aliphatic hydroxyl groups is 5. The summed E-state index contributed by atoms with van der Waals surface area (Å²) < 4.78 is 33.4. The third kappa shape index (κ3) is 26.8. The first kappa shape index (κ1) is 53.8. The summed E-state index contributed by atoms with van der Waals surface area (Å²) in [5.41, 5.74) is 0. The molecule has 0 amide bonds. The Morgan fingerprint density at radius 1 is 0.534 bits per heavy atom. The zero-order valence-electron chi connectivity index (χ0n) is 35.3. The summed E-state index contributed by atoms with van der Waals surface area (Å²) in [4.78, 5) is 35.6. The zero-order valence-corrected chi connectivity index (χ0v) is 36.2. The maximum absolute atomic E-state index is 12.8. The van der Waals surface area contributed by atoms with Gasteiger partial charge in [0.25, 0.3) is 0 Å². The second-order valence-electron chi connectivity index (χ2n) is 15.2. The molecule has 0 heterocycles. The van der Waals surface area contributed by atoms with Crippen molar-refractivity contribution in [2.45, 2.75) is 204 Å². The predicted octanol–water partition coefficient (Wildman–Crippen LogP) is 8.00. The predicted molar refractivity (Wildman–Crippen MR) is 226 cm³/mol. The van der Waals surface area contributed by atoms with Gasteiger partial charge in [0, 0.05) is 12.8 Å². The Bertz CT molecular complexity index is 1210. The minimum absolute atomic E-state index is 0.0797. The van der Waals surface area contributed by atoms with Gasteiger partial charge in [-0.2, -0.15) is 0 Å². The van der Waals surface area contributed by atoms with Crippen LogP contribution in [0.15, 0.2) is 48.6 Å². The number of unbranched alkanes of at least 4 members (excludes halogenated alkanes) is 15. The smallest absolute Gasteiger partial charge is 0.462 e. The van der Waals surface area contributed by atoms with Gasteiger partial charge in [-0.05, 0) is 77.0 Å². The molecule has 0 saturated heterocycles. The summed E-state index contributed by atoms with van der Waals surface area (Å²) in [6, 6.07) is 0. The number of carbonyl (C=O) groups is 2. The minimum atomic E-state index is -5.12. The van der Waals surface area contributed by atoms with Crippen LogP contribution >= 0.6 is 7.82 Å². The van der Waals surface area contributed by atoms with Gasteiger partial charge < -0.3 is 39.9 Å². The maximum atomic E-state index is 12.8. The highest BCUT2D eigenvalue weighted by Crippen LogP contribution is 2.47. The van der Waals surface area contributed by atoms with Crippen LogP contribution in [0.3, 0.4) is 0 Å². The molecule has 6 N–H and O–H groups in total. The Hall–Kier alpha value is -2.19. The molecule has 0 aromatic heterocycles. The molecule has 1 aliphatic carbocycles. The number of carbonyl (C=O) groups excluding carboxylic acids is 2. The fourth-order valence-electron chi connectivity index (χ4n) is 6.29. The van der Waals surface area contributed by atoms with Crippen LogP contribution in [0.1, 0.15) is 162 Å². The number of phosphoric acid groups is 1. The summed E-state index contributed by atoms with van der Waals surface area (Å²) in [6.07, 6.45) is 26.0. The van der Waals surface area contributed by atoms with Gasteiger partial charge >= 0.3 is 19.8 Å². The Kier molecular flexibility index (Phi) is 32.0. The fourth-order valence-corrected chi connectivity index (χ4v) is 7.26. The Morgan fingerprint density at radius 2 is 0.931 bits per heavy atom. The highest BCUT2D eigenvalue weighted by molar-refractivity contribution is 7.47. The van der Waals surface area contributed by atoms with Crippen LogP contribution in [0.4, 0.5) is 0 Å². The molecular formula is C44H77O13P. The SMILES string of the molecule is CCCCC/C=C\C/C=C\C/C=C\CCCCCCC(=O)OC[C@H](COP(=O)(O)OC1C(O)C(O)C(O)[C@@H](O)C1O)OC(=O)CCCCCCC/C=C\CCCCC. The molecule has 8 atom stereocenters. The van der Waals surface area contributed by atoms with Crippen LogP contribution in [0, 0.1) is 0 Å². The van der Waals surface area contributed by atoms with Crippen molar-refractivity contribution in [2.24, 2.45) is 0 Å². The number of rotatable bonds is 35. The first-order valence-electron chi connectivity index (χ1n) is 21.9. The van der Waals surface area contributed by atoms with Crippen LogP contribution < -0.4 is 0 Å². The number of hydrogen-bond acceptors (Lipinski definition) is 12. The van der Waals surface area contributed by atoms with E-state index in [-0.39, 0.29) is 12.8 Å². The number of allylic oxidation sites excluding steroid dienone is 8. The van der Waals surface area contributed by atoms with Crippen LogP contribution in [0.2, 0.25) is 0 Å². The van der Waals surface area contributed by atoms with Gasteiger partial charge in [-0.3, -0.25) is 18.6 Å². The van der Waals surface area contributed by atoms with Gasteiger partial charge in [0.2, 0.25) is 0 Å². The molecule has 0 aromatic carbocycles. The molecule has 1 saturated carbocycles. The molecule has 14 heteroatoms. The maximum Gasteiger partial charge on any atom is 0.472 e. The summed E-state index contributed by atoms with van der Waals surface area (Å²) >= 11 is 0. The van der Waals surface area contributed by atoms with E-state index >= 15 is 0 Å². The third-order valence-electron chi connectivity index (χ3n) is 9.89. The van der Waals surface area contributed by atoms with E-state index in [1.807, 2.05) is 0 Å². The van der Waals surface area contributed by atoms with Crippen molar-refractivity contribution in [3.8, 4) is 0 Å². The lowest BCUT2D eigenvalue weighted by atomic mass is 9.85. The van der Waals surface area contributed by atoms with E-state index in [2.05, 4.69) is 62.5 Å². The normalized spacial score (nSPS) is 23.0. The number of ether oxygens (including phenoxy) is 2. The number of hydrogen-bond donors (Lipinski definition) is 6. The monoisotopic (exact) mass is 845 g/mol. The molecule has 6 unspecified atom stereocenters.